The van der Waals surface area contributed by atoms with E-state index in [0.717, 1.165) is 16.8 Å². The van der Waals surface area contributed by atoms with Crippen LogP contribution in [0.2, 0.25) is 0 Å². The summed E-state index contributed by atoms with van der Waals surface area (Å²) in [6.45, 7) is 2.43. The molecular formula is C12H15N3O3S. The maximum Gasteiger partial charge on any atom is 0.211 e. The molecule has 0 spiro atoms. The highest BCUT2D eigenvalue weighted by Crippen LogP contribution is 2.22. The van der Waals surface area contributed by atoms with Crippen molar-refractivity contribution in [2.75, 3.05) is 37.3 Å². The van der Waals surface area contributed by atoms with Gasteiger partial charge in [0, 0.05) is 31.9 Å². The zero-order chi connectivity index (χ0) is 13.5. The largest absolute Gasteiger partial charge is 0.443 e. The number of nitrogens with zero attached hydrogens (tertiary/aromatic N) is 3. The topological polar surface area (TPSA) is 66.7 Å². The van der Waals surface area contributed by atoms with Gasteiger partial charge in [-0.2, -0.15) is 4.31 Å². The quantitative estimate of drug-likeness (QED) is 0.818. The van der Waals surface area contributed by atoms with Crippen molar-refractivity contribution in [3.8, 4) is 0 Å². The van der Waals surface area contributed by atoms with E-state index in [1.54, 1.807) is 0 Å². The van der Waals surface area contributed by atoms with Gasteiger partial charge in [0.1, 0.15) is 5.52 Å². The molecule has 102 valence electrons. The maximum absolute atomic E-state index is 11.5. The van der Waals surface area contributed by atoms with Crippen LogP contribution in [0.1, 0.15) is 0 Å². The zero-order valence-electron chi connectivity index (χ0n) is 10.6. The van der Waals surface area contributed by atoms with E-state index in [4.69, 9.17) is 4.42 Å². The number of hydrogen-bond acceptors (Lipinski definition) is 5. The average molecular weight is 281 g/mol. The minimum absolute atomic E-state index is 0.523. The number of sulfonamides is 1. The molecule has 1 aliphatic rings. The zero-order valence-corrected chi connectivity index (χ0v) is 11.4. The van der Waals surface area contributed by atoms with Crippen LogP contribution in [0.15, 0.2) is 29.0 Å². The Kier molecular flexibility index (Phi) is 2.94. The van der Waals surface area contributed by atoms with E-state index in [-0.39, 0.29) is 0 Å². The van der Waals surface area contributed by atoms with Gasteiger partial charge in [0.25, 0.3) is 0 Å². The fourth-order valence-electron chi connectivity index (χ4n) is 2.32. The van der Waals surface area contributed by atoms with Gasteiger partial charge in [-0.1, -0.05) is 0 Å². The van der Waals surface area contributed by atoms with Crippen LogP contribution in [0.5, 0.6) is 0 Å². The molecule has 0 bridgehead atoms. The van der Waals surface area contributed by atoms with E-state index in [2.05, 4.69) is 9.88 Å². The minimum atomic E-state index is -3.08. The smallest absolute Gasteiger partial charge is 0.211 e. The average Bonchev–Trinajstić information content (AvgIpc) is 2.85. The van der Waals surface area contributed by atoms with Gasteiger partial charge in [-0.3, -0.25) is 0 Å². The van der Waals surface area contributed by atoms with Crippen molar-refractivity contribution in [3.63, 3.8) is 0 Å². The lowest BCUT2D eigenvalue weighted by molar-refractivity contribution is 0.388. The first-order chi connectivity index (χ1) is 9.04. The molecule has 1 aromatic heterocycles. The summed E-state index contributed by atoms with van der Waals surface area (Å²) in [7, 11) is -3.08. The van der Waals surface area contributed by atoms with Crippen molar-refractivity contribution < 1.29 is 12.8 Å². The van der Waals surface area contributed by atoms with E-state index in [9.17, 15) is 8.42 Å². The molecule has 3 rings (SSSR count). The standard InChI is InChI=1S/C12H15N3O3S/c1-19(16,17)15-6-4-14(5-7-15)10-2-3-12-11(8-10)13-9-18-12/h2-3,8-9H,4-7H2,1H3. The molecule has 2 heterocycles. The third-order valence-corrected chi connectivity index (χ3v) is 4.69. The van der Waals surface area contributed by atoms with Crippen molar-refractivity contribution in [1.82, 2.24) is 9.29 Å². The Morgan fingerprint density at radius 1 is 1.21 bits per heavy atom. The van der Waals surface area contributed by atoms with Crippen LogP contribution in [0, 0.1) is 0 Å². The molecule has 19 heavy (non-hydrogen) atoms. The maximum atomic E-state index is 11.5. The number of anilines is 1. The van der Waals surface area contributed by atoms with Gasteiger partial charge in [0.05, 0.1) is 6.26 Å². The molecule has 0 unspecified atom stereocenters. The van der Waals surface area contributed by atoms with E-state index in [0.29, 0.717) is 26.2 Å². The summed E-state index contributed by atoms with van der Waals surface area (Å²) in [6.07, 6.45) is 2.68. The van der Waals surface area contributed by atoms with Crippen molar-refractivity contribution in [2.45, 2.75) is 0 Å². The molecule has 0 radical (unpaired) electrons. The summed E-state index contributed by atoms with van der Waals surface area (Å²) in [5, 5.41) is 0. The van der Waals surface area contributed by atoms with Crippen LogP contribution in [0.25, 0.3) is 11.1 Å². The molecule has 7 heteroatoms. The predicted molar refractivity (Wildman–Crippen MR) is 72.6 cm³/mol. The summed E-state index contributed by atoms with van der Waals surface area (Å²) < 4.78 is 29.6. The highest BCUT2D eigenvalue weighted by Gasteiger charge is 2.23. The summed E-state index contributed by atoms with van der Waals surface area (Å²) >= 11 is 0. The van der Waals surface area contributed by atoms with Gasteiger partial charge < -0.3 is 9.32 Å². The van der Waals surface area contributed by atoms with Gasteiger partial charge in [-0.25, -0.2) is 13.4 Å². The van der Waals surface area contributed by atoms with E-state index in [1.165, 1.54) is 17.0 Å². The fourth-order valence-corrected chi connectivity index (χ4v) is 3.15. The first-order valence-electron chi connectivity index (χ1n) is 6.07. The van der Waals surface area contributed by atoms with Crippen molar-refractivity contribution in [1.29, 1.82) is 0 Å². The number of fused-ring (bicyclic) bond motifs is 1. The summed E-state index contributed by atoms with van der Waals surface area (Å²) in [5.74, 6) is 0. The van der Waals surface area contributed by atoms with Gasteiger partial charge in [-0.05, 0) is 18.2 Å². The van der Waals surface area contributed by atoms with Crippen molar-refractivity contribution in [2.24, 2.45) is 0 Å². The number of aromatic nitrogens is 1. The molecule has 2 aromatic rings. The van der Waals surface area contributed by atoms with Gasteiger partial charge >= 0.3 is 0 Å². The normalized spacial score (nSPS) is 18.1. The second-order valence-electron chi connectivity index (χ2n) is 4.65. The van der Waals surface area contributed by atoms with Crippen molar-refractivity contribution >= 4 is 26.8 Å². The second-order valence-corrected chi connectivity index (χ2v) is 6.64. The Balaban J connectivity index is 1.77. The molecule has 0 N–H and O–H groups in total. The van der Waals surface area contributed by atoms with Crippen LogP contribution in [-0.4, -0.2) is 50.1 Å². The molecule has 0 atom stereocenters. The summed E-state index contributed by atoms with van der Waals surface area (Å²) in [4.78, 5) is 6.29. The van der Waals surface area contributed by atoms with Crippen LogP contribution >= 0.6 is 0 Å². The lowest BCUT2D eigenvalue weighted by Crippen LogP contribution is -2.48. The summed E-state index contributed by atoms with van der Waals surface area (Å²) in [6, 6.07) is 5.83. The van der Waals surface area contributed by atoms with E-state index in [1.807, 2.05) is 18.2 Å². The molecule has 0 saturated carbocycles. The molecular weight excluding hydrogens is 266 g/mol. The van der Waals surface area contributed by atoms with Crippen LogP contribution in [-0.2, 0) is 10.0 Å². The van der Waals surface area contributed by atoms with Gasteiger partial charge in [-0.15, -0.1) is 0 Å². The molecule has 1 fully saturated rings. The van der Waals surface area contributed by atoms with E-state index >= 15 is 0 Å². The monoisotopic (exact) mass is 281 g/mol. The SMILES string of the molecule is CS(=O)(=O)N1CCN(c2ccc3ocnc3c2)CC1. The number of oxazole rings is 1. The first kappa shape index (κ1) is 12.4. The number of piperazine rings is 1. The third kappa shape index (κ3) is 2.43. The Hall–Kier alpha value is -1.60. The highest BCUT2D eigenvalue weighted by molar-refractivity contribution is 7.88. The lowest BCUT2D eigenvalue weighted by atomic mass is 10.2. The number of benzene rings is 1. The fraction of sp³-hybridized carbons (Fsp3) is 0.417. The molecule has 0 amide bonds. The lowest BCUT2D eigenvalue weighted by Gasteiger charge is -2.34. The van der Waals surface area contributed by atoms with Crippen LogP contribution in [0.3, 0.4) is 0 Å². The first-order valence-corrected chi connectivity index (χ1v) is 7.92. The molecule has 1 aromatic carbocycles. The Labute approximate surface area is 111 Å². The van der Waals surface area contributed by atoms with Gasteiger partial charge in [0.15, 0.2) is 12.0 Å². The van der Waals surface area contributed by atoms with E-state index < -0.39 is 10.0 Å². The third-order valence-electron chi connectivity index (χ3n) is 3.39. The van der Waals surface area contributed by atoms with Crippen LogP contribution in [0.4, 0.5) is 5.69 Å². The number of hydrogen-bond donors (Lipinski definition) is 0. The molecule has 6 nitrogen and oxygen atoms in total. The van der Waals surface area contributed by atoms with Gasteiger partial charge in [0.2, 0.25) is 10.0 Å². The Morgan fingerprint density at radius 2 is 1.95 bits per heavy atom. The Morgan fingerprint density at radius 3 is 2.63 bits per heavy atom. The van der Waals surface area contributed by atoms with Crippen LogP contribution < -0.4 is 4.90 Å². The second kappa shape index (κ2) is 4.50. The minimum Gasteiger partial charge on any atom is -0.443 e. The highest BCUT2D eigenvalue weighted by atomic mass is 32.2. The summed E-state index contributed by atoms with van der Waals surface area (Å²) in [5.41, 5.74) is 2.64. The molecule has 1 aliphatic heterocycles. The number of rotatable bonds is 2. The molecule has 1 saturated heterocycles. The predicted octanol–water partition coefficient (Wildman–Crippen LogP) is 0.909. The Bertz CT molecular complexity index is 687. The molecule has 0 aliphatic carbocycles. The van der Waals surface area contributed by atoms with Crippen molar-refractivity contribution in [3.05, 3.63) is 24.6 Å².